The number of likely N-dealkylation sites (tertiary alicyclic amines) is 1. The molecule has 2 saturated heterocycles. The topological polar surface area (TPSA) is 38.8 Å². The van der Waals surface area contributed by atoms with E-state index in [4.69, 9.17) is 21.1 Å². The number of benzene rings is 1. The highest BCUT2D eigenvalue weighted by molar-refractivity contribution is 8.00. The number of amides is 1. The third kappa shape index (κ3) is 4.16. The monoisotopic (exact) mass is 341 g/mol. The summed E-state index contributed by atoms with van der Waals surface area (Å²) in [5, 5.41) is 0.714. The predicted octanol–water partition coefficient (Wildman–Crippen LogP) is 3.04. The Morgan fingerprint density at radius 1 is 1.27 bits per heavy atom. The van der Waals surface area contributed by atoms with Crippen molar-refractivity contribution in [2.75, 3.05) is 32.1 Å². The van der Waals surface area contributed by atoms with Crippen molar-refractivity contribution in [1.82, 2.24) is 4.90 Å². The van der Waals surface area contributed by atoms with Crippen LogP contribution in [-0.2, 0) is 14.3 Å². The summed E-state index contributed by atoms with van der Waals surface area (Å²) >= 11 is 7.42. The van der Waals surface area contributed by atoms with E-state index in [1.54, 1.807) is 11.8 Å². The molecule has 0 spiro atoms. The number of hydrogen-bond donors (Lipinski definition) is 0. The molecule has 120 valence electrons. The fraction of sp³-hybridized carbons (Fsp3) is 0.562. The fourth-order valence-electron chi connectivity index (χ4n) is 2.87. The second-order valence-corrected chi connectivity index (χ2v) is 7.08. The molecule has 2 fully saturated rings. The van der Waals surface area contributed by atoms with Crippen molar-refractivity contribution < 1.29 is 14.3 Å². The molecule has 1 unspecified atom stereocenters. The van der Waals surface area contributed by atoms with E-state index in [1.807, 2.05) is 29.2 Å². The molecule has 1 aromatic carbocycles. The van der Waals surface area contributed by atoms with Crippen LogP contribution in [-0.4, -0.2) is 49.2 Å². The summed E-state index contributed by atoms with van der Waals surface area (Å²) in [7, 11) is 0. The lowest BCUT2D eigenvalue weighted by molar-refractivity contribution is -0.136. The van der Waals surface area contributed by atoms with Crippen LogP contribution in [0.25, 0.3) is 0 Å². The maximum Gasteiger partial charge on any atom is 0.232 e. The first kappa shape index (κ1) is 16.1. The van der Waals surface area contributed by atoms with E-state index in [-0.39, 0.29) is 12.2 Å². The van der Waals surface area contributed by atoms with Crippen molar-refractivity contribution in [3.8, 4) is 0 Å². The van der Waals surface area contributed by atoms with Gasteiger partial charge in [-0.1, -0.05) is 11.6 Å². The predicted molar refractivity (Wildman–Crippen MR) is 87.2 cm³/mol. The van der Waals surface area contributed by atoms with E-state index in [1.165, 1.54) is 0 Å². The lowest BCUT2D eigenvalue weighted by atomic mass is 9.97. The molecule has 0 bridgehead atoms. The molecule has 1 amide bonds. The number of nitrogens with zero attached hydrogens (tertiary/aromatic N) is 1. The molecule has 2 aliphatic rings. The average Bonchev–Trinajstić information content (AvgIpc) is 3.09. The lowest BCUT2D eigenvalue weighted by Crippen LogP contribution is -2.44. The standard InChI is InChI=1S/C16H20ClNO3S/c17-13-3-5-14(6-4-13)22-11-15(19)18-7-1-2-12(10-18)16-20-8-9-21-16/h3-6,12,16H,1-2,7-11H2. The van der Waals surface area contributed by atoms with Crippen molar-refractivity contribution >= 4 is 29.3 Å². The summed E-state index contributed by atoms with van der Waals surface area (Å²) < 4.78 is 11.2. The van der Waals surface area contributed by atoms with Gasteiger partial charge in [0.1, 0.15) is 0 Å². The molecular weight excluding hydrogens is 322 g/mol. The Bertz CT molecular complexity index is 505. The molecule has 0 aliphatic carbocycles. The molecule has 3 rings (SSSR count). The first-order chi connectivity index (χ1) is 10.7. The maximum absolute atomic E-state index is 12.4. The van der Waals surface area contributed by atoms with Gasteiger partial charge in [0.05, 0.1) is 19.0 Å². The van der Waals surface area contributed by atoms with Gasteiger partial charge in [-0.05, 0) is 37.1 Å². The van der Waals surface area contributed by atoms with Crippen LogP contribution < -0.4 is 0 Å². The number of halogens is 1. The van der Waals surface area contributed by atoms with Gasteiger partial charge >= 0.3 is 0 Å². The number of thioether (sulfide) groups is 1. The van der Waals surface area contributed by atoms with Gasteiger partial charge in [0, 0.05) is 28.9 Å². The van der Waals surface area contributed by atoms with E-state index in [0.717, 1.165) is 30.8 Å². The highest BCUT2D eigenvalue weighted by Gasteiger charge is 2.32. The number of rotatable bonds is 4. The number of carbonyl (C=O) groups is 1. The van der Waals surface area contributed by atoms with Crippen molar-refractivity contribution in [1.29, 1.82) is 0 Å². The number of hydrogen-bond acceptors (Lipinski definition) is 4. The molecule has 0 aromatic heterocycles. The number of ether oxygens (including phenoxy) is 2. The molecule has 1 aromatic rings. The molecule has 2 heterocycles. The number of carbonyl (C=O) groups excluding carboxylic acids is 1. The maximum atomic E-state index is 12.4. The molecule has 0 radical (unpaired) electrons. The Kier molecular flexibility index (Phi) is 5.63. The van der Waals surface area contributed by atoms with Crippen LogP contribution in [0.1, 0.15) is 12.8 Å². The summed E-state index contributed by atoms with van der Waals surface area (Å²) in [6.45, 7) is 2.91. The zero-order chi connectivity index (χ0) is 15.4. The van der Waals surface area contributed by atoms with Gasteiger partial charge in [0.25, 0.3) is 0 Å². The molecule has 4 nitrogen and oxygen atoms in total. The van der Waals surface area contributed by atoms with Gasteiger partial charge in [0.15, 0.2) is 6.29 Å². The minimum Gasteiger partial charge on any atom is -0.350 e. The van der Waals surface area contributed by atoms with Crippen LogP contribution in [0.15, 0.2) is 29.2 Å². The summed E-state index contributed by atoms with van der Waals surface area (Å²) in [6, 6.07) is 7.58. The normalized spacial score (nSPS) is 23.0. The molecule has 22 heavy (non-hydrogen) atoms. The van der Waals surface area contributed by atoms with Gasteiger partial charge in [-0.15, -0.1) is 11.8 Å². The van der Waals surface area contributed by atoms with Crippen molar-refractivity contribution in [2.24, 2.45) is 5.92 Å². The molecule has 0 N–H and O–H groups in total. The lowest BCUT2D eigenvalue weighted by Gasteiger charge is -2.34. The quantitative estimate of drug-likeness (QED) is 0.789. The van der Waals surface area contributed by atoms with Crippen LogP contribution in [0.4, 0.5) is 0 Å². The summed E-state index contributed by atoms with van der Waals surface area (Å²) in [6.07, 6.45) is 1.96. The number of piperidine rings is 1. The largest absolute Gasteiger partial charge is 0.350 e. The zero-order valence-corrected chi connectivity index (χ0v) is 13.9. The Labute approximate surface area is 140 Å². The Morgan fingerprint density at radius 2 is 2.00 bits per heavy atom. The van der Waals surface area contributed by atoms with Gasteiger partial charge in [-0.3, -0.25) is 4.79 Å². The van der Waals surface area contributed by atoms with E-state index in [2.05, 4.69) is 0 Å². The summed E-state index contributed by atoms with van der Waals surface area (Å²) in [4.78, 5) is 15.4. The molecule has 2 aliphatic heterocycles. The smallest absolute Gasteiger partial charge is 0.232 e. The SMILES string of the molecule is O=C(CSc1ccc(Cl)cc1)N1CCCC(C2OCCO2)C1. The second kappa shape index (κ2) is 7.68. The Hall–Kier alpha value is -0.750. The minimum absolute atomic E-state index is 0.125. The van der Waals surface area contributed by atoms with Crippen LogP contribution >= 0.6 is 23.4 Å². The zero-order valence-electron chi connectivity index (χ0n) is 12.4. The van der Waals surface area contributed by atoms with E-state index in [0.29, 0.717) is 29.9 Å². The Morgan fingerprint density at radius 3 is 2.73 bits per heavy atom. The first-order valence-corrected chi connectivity index (χ1v) is 8.98. The summed E-state index contributed by atoms with van der Waals surface area (Å²) in [5.41, 5.74) is 0. The highest BCUT2D eigenvalue weighted by Crippen LogP contribution is 2.26. The van der Waals surface area contributed by atoms with Crippen LogP contribution in [0.2, 0.25) is 5.02 Å². The Balaban J connectivity index is 1.49. The fourth-order valence-corrected chi connectivity index (χ4v) is 3.80. The molecular formula is C16H20ClNO3S. The molecule has 6 heteroatoms. The van der Waals surface area contributed by atoms with Crippen LogP contribution in [0.3, 0.4) is 0 Å². The van der Waals surface area contributed by atoms with E-state index >= 15 is 0 Å². The van der Waals surface area contributed by atoms with E-state index in [9.17, 15) is 4.79 Å². The van der Waals surface area contributed by atoms with Crippen molar-refractivity contribution in [3.63, 3.8) is 0 Å². The molecule has 1 atom stereocenters. The van der Waals surface area contributed by atoms with Gasteiger partial charge in [0.2, 0.25) is 5.91 Å². The van der Waals surface area contributed by atoms with Crippen LogP contribution in [0.5, 0.6) is 0 Å². The molecule has 0 saturated carbocycles. The van der Waals surface area contributed by atoms with E-state index < -0.39 is 0 Å². The van der Waals surface area contributed by atoms with Gasteiger partial charge in [-0.2, -0.15) is 0 Å². The van der Waals surface area contributed by atoms with Crippen molar-refractivity contribution in [2.45, 2.75) is 24.0 Å². The first-order valence-electron chi connectivity index (χ1n) is 7.62. The average molecular weight is 342 g/mol. The third-order valence-corrected chi connectivity index (χ3v) is 5.27. The highest BCUT2D eigenvalue weighted by atomic mass is 35.5. The minimum atomic E-state index is -0.125. The van der Waals surface area contributed by atoms with Gasteiger partial charge in [-0.25, -0.2) is 0 Å². The van der Waals surface area contributed by atoms with Crippen molar-refractivity contribution in [3.05, 3.63) is 29.3 Å². The second-order valence-electron chi connectivity index (χ2n) is 5.59. The van der Waals surface area contributed by atoms with Gasteiger partial charge < -0.3 is 14.4 Å². The third-order valence-electron chi connectivity index (χ3n) is 4.02. The summed E-state index contributed by atoms with van der Waals surface area (Å²) in [5.74, 6) is 0.948. The van der Waals surface area contributed by atoms with Crippen LogP contribution in [0, 0.1) is 5.92 Å².